The number of benzene rings is 2. The second-order valence-corrected chi connectivity index (χ2v) is 8.07. The lowest BCUT2D eigenvalue weighted by molar-refractivity contribution is -0.152. The molecule has 1 fully saturated rings. The summed E-state index contributed by atoms with van der Waals surface area (Å²) in [6.07, 6.45) is 4.35. The maximum absolute atomic E-state index is 12.4. The number of aryl methyl sites for hydroxylation is 1. The summed E-state index contributed by atoms with van der Waals surface area (Å²) >= 11 is 6.06. The van der Waals surface area contributed by atoms with Crippen molar-refractivity contribution in [3.8, 4) is 5.69 Å². The Morgan fingerprint density at radius 1 is 0.969 bits per heavy atom. The zero-order valence-electron chi connectivity index (χ0n) is 17.7. The van der Waals surface area contributed by atoms with Gasteiger partial charge in [0.05, 0.1) is 11.9 Å². The van der Waals surface area contributed by atoms with E-state index in [1.54, 1.807) is 15.8 Å². The third kappa shape index (κ3) is 5.68. The van der Waals surface area contributed by atoms with Crippen LogP contribution in [0.15, 0.2) is 67.0 Å². The Morgan fingerprint density at radius 2 is 1.72 bits per heavy atom. The summed E-state index contributed by atoms with van der Waals surface area (Å²) in [5.74, 6) is -0.552. The molecule has 0 atom stereocenters. The molecule has 166 valence electrons. The minimum atomic E-state index is -0.386. The summed E-state index contributed by atoms with van der Waals surface area (Å²) in [6.45, 7) is 2.37. The molecule has 2 heterocycles. The highest BCUT2D eigenvalue weighted by Gasteiger charge is 2.22. The van der Waals surface area contributed by atoms with E-state index in [2.05, 4.69) is 10.00 Å². The van der Waals surface area contributed by atoms with Crippen LogP contribution in [-0.2, 0) is 20.7 Å². The van der Waals surface area contributed by atoms with Gasteiger partial charge in [0.15, 0.2) is 6.61 Å². The Labute approximate surface area is 192 Å². The fourth-order valence-corrected chi connectivity index (χ4v) is 3.83. The van der Waals surface area contributed by atoms with Crippen LogP contribution >= 0.6 is 11.6 Å². The largest absolute Gasteiger partial charge is 0.456 e. The first-order valence-corrected chi connectivity index (χ1v) is 11.0. The number of anilines is 1. The highest BCUT2D eigenvalue weighted by Crippen LogP contribution is 2.20. The van der Waals surface area contributed by atoms with E-state index in [0.717, 1.165) is 16.9 Å². The van der Waals surface area contributed by atoms with Crippen LogP contribution in [0.1, 0.15) is 12.0 Å². The monoisotopic (exact) mass is 452 g/mol. The number of carbonyl (C=O) groups is 2. The number of halogens is 1. The maximum Gasteiger partial charge on any atom is 0.306 e. The van der Waals surface area contributed by atoms with E-state index in [0.29, 0.717) is 37.6 Å². The minimum absolute atomic E-state index is 0.166. The second kappa shape index (κ2) is 10.3. The summed E-state index contributed by atoms with van der Waals surface area (Å²) in [7, 11) is 0. The second-order valence-electron chi connectivity index (χ2n) is 7.64. The summed E-state index contributed by atoms with van der Waals surface area (Å²) < 4.78 is 6.98. The third-order valence-electron chi connectivity index (χ3n) is 5.44. The van der Waals surface area contributed by atoms with Gasteiger partial charge in [-0.15, -0.1) is 0 Å². The SMILES string of the molecule is O=C(CCc1cnn(-c2ccccc2)c1)OCC(=O)N1CCN(c2cccc(Cl)c2)CC1. The molecule has 0 saturated carbocycles. The van der Waals surface area contributed by atoms with Crippen molar-refractivity contribution in [3.05, 3.63) is 77.6 Å². The molecule has 0 spiro atoms. The summed E-state index contributed by atoms with van der Waals surface area (Å²) in [4.78, 5) is 28.5. The van der Waals surface area contributed by atoms with E-state index in [4.69, 9.17) is 16.3 Å². The Hall–Kier alpha value is -3.32. The molecule has 1 saturated heterocycles. The first-order chi connectivity index (χ1) is 15.6. The molecule has 4 rings (SSSR count). The molecule has 1 aliphatic heterocycles. The summed E-state index contributed by atoms with van der Waals surface area (Å²) in [5.41, 5.74) is 2.95. The average Bonchev–Trinajstić information content (AvgIpc) is 3.31. The van der Waals surface area contributed by atoms with Gasteiger partial charge in [-0.2, -0.15) is 5.10 Å². The lowest BCUT2D eigenvalue weighted by Gasteiger charge is -2.36. The van der Waals surface area contributed by atoms with Gasteiger partial charge >= 0.3 is 5.97 Å². The number of para-hydroxylation sites is 1. The van der Waals surface area contributed by atoms with Gasteiger partial charge in [0.1, 0.15) is 0 Å². The van der Waals surface area contributed by atoms with Crippen molar-refractivity contribution < 1.29 is 14.3 Å². The maximum atomic E-state index is 12.4. The van der Waals surface area contributed by atoms with E-state index >= 15 is 0 Å². The van der Waals surface area contributed by atoms with Crippen LogP contribution in [0.25, 0.3) is 5.69 Å². The van der Waals surface area contributed by atoms with E-state index in [-0.39, 0.29) is 24.9 Å². The molecule has 0 aliphatic carbocycles. The van der Waals surface area contributed by atoms with Crippen LogP contribution in [0, 0.1) is 0 Å². The van der Waals surface area contributed by atoms with Crippen molar-refractivity contribution in [2.24, 2.45) is 0 Å². The van der Waals surface area contributed by atoms with Gasteiger partial charge in [0.2, 0.25) is 0 Å². The quantitative estimate of drug-likeness (QED) is 0.514. The minimum Gasteiger partial charge on any atom is -0.456 e. The number of rotatable bonds is 7. The number of hydrogen-bond donors (Lipinski definition) is 0. The number of ether oxygens (including phenoxy) is 1. The van der Waals surface area contributed by atoms with Crippen LogP contribution in [0.3, 0.4) is 0 Å². The number of piperazine rings is 1. The van der Waals surface area contributed by atoms with Gasteiger partial charge in [-0.3, -0.25) is 9.59 Å². The van der Waals surface area contributed by atoms with Gasteiger partial charge < -0.3 is 14.5 Å². The van der Waals surface area contributed by atoms with Crippen molar-refractivity contribution in [2.45, 2.75) is 12.8 Å². The van der Waals surface area contributed by atoms with Crippen LogP contribution in [0.4, 0.5) is 5.69 Å². The smallest absolute Gasteiger partial charge is 0.306 e. The fourth-order valence-electron chi connectivity index (χ4n) is 3.65. The van der Waals surface area contributed by atoms with Crippen LogP contribution < -0.4 is 4.90 Å². The van der Waals surface area contributed by atoms with Crippen molar-refractivity contribution in [2.75, 3.05) is 37.7 Å². The van der Waals surface area contributed by atoms with E-state index < -0.39 is 0 Å². The number of hydrogen-bond acceptors (Lipinski definition) is 5. The first kappa shape index (κ1) is 21.9. The summed E-state index contributed by atoms with van der Waals surface area (Å²) in [5, 5.41) is 5.02. The topological polar surface area (TPSA) is 67.7 Å². The highest BCUT2D eigenvalue weighted by molar-refractivity contribution is 6.30. The molecule has 0 N–H and O–H groups in total. The zero-order chi connectivity index (χ0) is 22.3. The molecule has 0 bridgehead atoms. The molecule has 0 radical (unpaired) electrons. The lowest BCUT2D eigenvalue weighted by Crippen LogP contribution is -2.49. The number of esters is 1. The molecular formula is C24H25ClN4O3. The number of carbonyl (C=O) groups excluding carboxylic acids is 2. The average molecular weight is 453 g/mol. The van der Waals surface area contributed by atoms with Crippen molar-refractivity contribution in [1.82, 2.24) is 14.7 Å². The summed E-state index contributed by atoms with van der Waals surface area (Å²) in [6, 6.07) is 17.5. The van der Waals surface area contributed by atoms with Gasteiger partial charge in [0.25, 0.3) is 5.91 Å². The fraction of sp³-hybridized carbons (Fsp3) is 0.292. The van der Waals surface area contributed by atoms with Crippen LogP contribution in [-0.4, -0.2) is 59.3 Å². The normalized spacial score (nSPS) is 13.8. The molecule has 32 heavy (non-hydrogen) atoms. The molecule has 7 nitrogen and oxygen atoms in total. The van der Waals surface area contributed by atoms with E-state index in [1.807, 2.05) is 60.8 Å². The van der Waals surface area contributed by atoms with Gasteiger partial charge in [-0.1, -0.05) is 35.9 Å². The molecule has 3 aromatic rings. The lowest BCUT2D eigenvalue weighted by atomic mass is 10.2. The molecule has 1 aromatic heterocycles. The molecule has 8 heteroatoms. The molecule has 0 unspecified atom stereocenters. The highest BCUT2D eigenvalue weighted by atomic mass is 35.5. The van der Waals surface area contributed by atoms with Gasteiger partial charge in [-0.05, 0) is 42.3 Å². The number of amides is 1. The van der Waals surface area contributed by atoms with E-state index in [1.165, 1.54) is 0 Å². The molecular weight excluding hydrogens is 428 g/mol. The Kier molecular flexibility index (Phi) is 7.07. The predicted molar refractivity (Wildman–Crippen MR) is 123 cm³/mol. The standard InChI is InChI=1S/C24H25ClN4O3/c25-20-5-4-8-22(15-20)27-11-13-28(14-12-27)23(30)18-32-24(31)10-9-19-16-26-29(17-19)21-6-2-1-3-7-21/h1-8,15-17H,9-14,18H2. The molecule has 2 aromatic carbocycles. The van der Waals surface area contributed by atoms with E-state index in [9.17, 15) is 9.59 Å². The number of aromatic nitrogens is 2. The Bertz CT molecular complexity index is 1060. The van der Waals surface area contributed by atoms with Crippen LogP contribution in [0.5, 0.6) is 0 Å². The first-order valence-electron chi connectivity index (χ1n) is 10.6. The molecule has 1 aliphatic rings. The Balaban J connectivity index is 1.18. The van der Waals surface area contributed by atoms with Gasteiger partial charge in [0, 0.05) is 49.5 Å². The Morgan fingerprint density at radius 3 is 2.47 bits per heavy atom. The zero-order valence-corrected chi connectivity index (χ0v) is 18.4. The van der Waals surface area contributed by atoms with Crippen molar-refractivity contribution >= 4 is 29.2 Å². The predicted octanol–water partition coefficient (Wildman–Crippen LogP) is 3.35. The van der Waals surface area contributed by atoms with Crippen molar-refractivity contribution in [1.29, 1.82) is 0 Å². The van der Waals surface area contributed by atoms with Crippen molar-refractivity contribution in [3.63, 3.8) is 0 Å². The van der Waals surface area contributed by atoms with Crippen LogP contribution in [0.2, 0.25) is 5.02 Å². The molecule has 1 amide bonds. The number of nitrogens with zero attached hydrogens (tertiary/aromatic N) is 4. The third-order valence-corrected chi connectivity index (χ3v) is 5.67. The van der Waals surface area contributed by atoms with Gasteiger partial charge in [-0.25, -0.2) is 4.68 Å².